The highest BCUT2D eigenvalue weighted by molar-refractivity contribution is 9.10. The topological polar surface area (TPSA) is 132 Å². The highest BCUT2D eigenvalue weighted by Crippen LogP contribution is 2.22. The monoisotopic (exact) mass is 510 g/mol. The molecule has 12 heteroatoms. The number of amides is 1. The van der Waals surface area contributed by atoms with Crippen LogP contribution in [0.4, 0.5) is 10.8 Å². The van der Waals surface area contributed by atoms with Gasteiger partial charge in [0.15, 0.2) is 9.84 Å². The van der Waals surface area contributed by atoms with Crippen molar-refractivity contribution in [3.63, 3.8) is 0 Å². The molecule has 0 fully saturated rings. The van der Waals surface area contributed by atoms with Crippen LogP contribution in [0.2, 0.25) is 0 Å². The average Bonchev–Trinajstić information content (AvgIpc) is 3.14. The quantitative estimate of drug-likeness (QED) is 0.377. The van der Waals surface area contributed by atoms with Crippen LogP contribution in [-0.2, 0) is 16.3 Å². The van der Waals surface area contributed by atoms with Gasteiger partial charge in [-0.2, -0.15) is 0 Å². The lowest BCUT2D eigenvalue weighted by atomic mass is 10.1. The summed E-state index contributed by atoms with van der Waals surface area (Å²) in [6.07, 6.45) is 0.141. The van der Waals surface area contributed by atoms with E-state index in [1.165, 1.54) is 30.3 Å². The Morgan fingerprint density at radius 1 is 1.20 bits per heavy atom. The van der Waals surface area contributed by atoms with Gasteiger partial charge in [-0.05, 0) is 37.3 Å². The van der Waals surface area contributed by atoms with E-state index >= 15 is 0 Å². The molecule has 0 saturated carbocycles. The average molecular weight is 511 g/mol. The number of hydrogen-bond acceptors (Lipinski definition) is 8. The molecule has 0 aliphatic heterocycles. The van der Waals surface area contributed by atoms with Crippen LogP contribution in [0.3, 0.4) is 0 Å². The fourth-order valence-electron chi connectivity index (χ4n) is 2.50. The van der Waals surface area contributed by atoms with Crippen LogP contribution in [0.1, 0.15) is 20.9 Å². The first-order valence-corrected chi connectivity index (χ1v) is 11.8. The third kappa shape index (κ3) is 5.26. The summed E-state index contributed by atoms with van der Waals surface area (Å²) in [5.41, 5.74) is 0.405. The zero-order chi connectivity index (χ0) is 21.9. The third-order valence-electron chi connectivity index (χ3n) is 4.11. The number of sulfone groups is 1. The van der Waals surface area contributed by atoms with Crippen molar-refractivity contribution in [1.82, 2.24) is 10.2 Å². The molecular formula is C18H15BrN4O5S2. The maximum atomic E-state index is 12.4. The maximum absolute atomic E-state index is 12.4. The van der Waals surface area contributed by atoms with Crippen LogP contribution < -0.4 is 5.32 Å². The van der Waals surface area contributed by atoms with Crippen LogP contribution in [0.25, 0.3) is 0 Å². The Hall–Kier alpha value is -2.70. The summed E-state index contributed by atoms with van der Waals surface area (Å²) in [5, 5.41) is 21.9. The highest BCUT2D eigenvalue weighted by atomic mass is 79.9. The number of nitro groups is 1. The molecule has 2 aromatic carbocycles. The number of rotatable bonds is 7. The van der Waals surface area contributed by atoms with E-state index in [0.717, 1.165) is 15.8 Å². The fraction of sp³-hybridized carbons (Fsp3) is 0.167. The number of nitrogens with zero attached hydrogens (tertiary/aromatic N) is 3. The van der Waals surface area contributed by atoms with E-state index in [9.17, 15) is 23.3 Å². The minimum Gasteiger partial charge on any atom is -0.296 e. The molecule has 0 aliphatic carbocycles. The Balaban J connectivity index is 1.65. The van der Waals surface area contributed by atoms with Gasteiger partial charge in [-0.25, -0.2) is 8.42 Å². The number of nitrogens with one attached hydrogen (secondary N) is 1. The lowest BCUT2D eigenvalue weighted by molar-refractivity contribution is -0.385. The molecule has 1 N–H and O–H groups in total. The number of benzene rings is 2. The van der Waals surface area contributed by atoms with Crippen molar-refractivity contribution in [2.24, 2.45) is 0 Å². The van der Waals surface area contributed by atoms with Gasteiger partial charge in [-0.3, -0.25) is 20.2 Å². The van der Waals surface area contributed by atoms with Crippen molar-refractivity contribution in [2.75, 3.05) is 11.1 Å². The highest BCUT2D eigenvalue weighted by Gasteiger charge is 2.18. The fourth-order valence-corrected chi connectivity index (χ4v) is 4.88. The van der Waals surface area contributed by atoms with Gasteiger partial charge < -0.3 is 0 Å². The normalized spacial score (nSPS) is 11.3. The zero-order valence-corrected chi connectivity index (χ0v) is 18.8. The molecule has 1 amide bonds. The van der Waals surface area contributed by atoms with Crippen molar-refractivity contribution < 1.29 is 18.1 Å². The molecular weight excluding hydrogens is 496 g/mol. The number of halogens is 1. The van der Waals surface area contributed by atoms with Crippen LogP contribution in [-0.4, -0.2) is 35.2 Å². The van der Waals surface area contributed by atoms with Crippen molar-refractivity contribution >= 4 is 53.8 Å². The van der Waals surface area contributed by atoms with E-state index in [0.29, 0.717) is 10.6 Å². The van der Waals surface area contributed by atoms with E-state index in [-0.39, 0.29) is 33.5 Å². The molecule has 3 rings (SSSR count). The minimum absolute atomic E-state index is 0.113. The van der Waals surface area contributed by atoms with Gasteiger partial charge in [0.05, 0.1) is 15.6 Å². The Kier molecular flexibility index (Phi) is 6.58. The lowest BCUT2D eigenvalue weighted by Gasteiger charge is -2.03. The first-order valence-electron chi connectivity index (χ1n) is 8.53. The first-order chi connectivity index (χ1) is 14.2. The number of carbonyl (C=O) groups is 1. The number of aryl methyl sites for hydroxylation is 2. The minimum atomic E-state index is -3.48. The molecule has 0 saturated heterocycles. The van der Waals surface area contributed by atoms with E-state index in [4.69, 9.17) is 0 Å². The van der Waals surface area contributed by atoms with E-state index in [1.54, 1.807) is 19.1 Å². The zero-order valence-electron chi connectivity index (χ0n) is 15.5. The number of hydrogen-bond donors (Lipinski definition) is 1. The number of nitro benzene ring substituents is 1. The van der Waals surface area contributed by atoms with Gasteiger partial charge in [-0.1, -0.05) is 33.3 Å². The summed E-state index contributed by atoms with van der Waals surface area (Å²) in [6.45, 7) is 1.58. The molecule has 1 aromatic heterocycles. The van der Waals surface area contributed by atoms with Crippen LogP contribution in [0, 0.1) is 17.0 Å². The van der Waals surface area contributed by atoms with E-state index in [1.807, 2.05) is 0 Å². The standard InChI is InChI=1S/C18H15BrN4O5S2/c1-11-2-3-12(10-15(11)23(25)26)17(24)20-18-22-21-16(29-18)8-9-30(27,28)14-6-4-13(19)5-7-14/h2-7,10H,8-9H2,1H3,(H,20,22,24). The van der Waals surface area contributed by atoms with Crippen LogP contribution in [0.5, 0.6) is 0 Å². The van der Waals surface area contributed by atoms with Gasteiger partial charge in [-0.15, -0.1) is 10.2 Å². The Morgan fingerprint density at radius 2 is 1.90 bits per heavy atom. The van der Waals surface area contributed by atoms with Gasteiger partial charge in [0.1, 0.15) is 5.01 Å². The molecule has 0 bridgehead atoms. The van der Waals surface area contributed by atoms with E-state index in [2.05, 4.69) is 31.4 Å². The molecule has 3 aromatic rings. The molecule has 0 unspecified atom stereocenters. The number of carbonyl (C=O) groups excluding carboxylic acids is 1. The SMILES string of the molecule is Cc1ccc(C(=O)Nc2nnc(CCS(=O)(=O)c3ccc(Br)cc3)s2)cc1[N+](=O)[O-]. The summed E-state index contributed by atoms with van der Waals surface area (Å²) in [4.78, 5) is 23.0. The summed E-state index contributed by atoms with van der Waals surface area (Å²) >= 11 is 4.31. The predicted octanol–water partition coefficient (Wildman–Crippen LogP) is 3.79. The van der Waals surface area contributed by atoms with Gasteiger partial charge in [0.2, 0.25) is 5.13 Å². The van der Waals surface area contributed by atoms with Crippen molar-refractivity contribution in [3.8, 4) is 0 Å². The second kappa shape index (κ2) is 8.98. The molecule has 156 valence electrons. The maximum Gasteiger partial charge on any atom is 0.273 e. The van der Waals surface area contributed by atoms with Crippen molar-refractivity contribution in [2.45, 2.75) is 18.2 Å². The van der Waals surface area contributed by atoms with E-state index < -0.39 is 20.7 Å². The molecule has 30 heavy (non-hydrogen) atoms. The smallest absolute Gasteiger partial charge is 0.273 e. The Morgan fingerprint density at radius 3 is 2.57 bits per heavy atom. The lowest BCUT2D eigenvalue weighted by Crippen LogP contribution is -2.12. The Labute approximate surface area is 184 Å². The second-order valence-electron chi connectivity index (χ2n) is 6.24. The van der Waals surface area contributed by atoms with Crippen LogP contribution >= 0.6 is 27.3 Å². The number of anilines is 1. The van der Waals surface area contributed by atoms with Gasteiger partial charge in [0.25, 0.3) is 11.6 Å². The third-order valence-corrected chi connectivity index (χ3v) is 7.27. The predicted molar refractivity (Wildman–Crippen MR) is 116 cm³/mol. The summed E-state index contributed by atoms with van der Waals surface area (Å²) in [6, 6.07) is 10.5. The van der Waals surface area contributed by atoms with Gasteiger partial charge >= 0.3 is 0 Å². The molecule has 1 heterocycles. The summed E-state index contributed by atoms with van der Waals surface area (Å²) in [5.74, 6) is -0.718. The molecule has 0 spiro atoms. The molecule has 0 atom stereocenters. The molecule has 9 nitrogen and oxygen atoms in total. The molecule has 0 radical (unpaired) electrons. The first kappa shape index (κ1) is 22.0. The number of aromatic nitrogens is 2. The Bertz CT molecular complexity index is 1210. The van der Waals surface area contributed by atoms with Crippen molar-refractivity contribution in [1.29, 1.82) is 0 Å². The van der Waals surface area contributed by atoms with Gasteiger partial charge in [0, 0.05) is 28.1 Å². The summed E-state index contributed by atoms with van der Waals surface area (Å²) in [7, 11) is -3.48. The second-order valence-corrected chi connectivity index (χ2v) is 10.3. The molecule has 0 aliphatic rings. The van der Waals surface area contributed by atoms with Crippen molar-refractivity contribution in [3.05, 3.63) is 73.2 Å². The van der Waals surface area contributed by atoms with Crippen LogP contribution in [0.15, 0.2) is 51.8 Å². The summed E-state index contributed by atoms with van der Waals surface area (Å²) < 4.78 is 25.6. The largest absolute Gasteiger partial charge is 0.296 e.